The maximum Gasteiger partial charge on any atom is 0.135 e. The van der Waals surface area contributed by atoms with Crippen LogP contribution in [0.4, 0.5) is 4.39 Å². The highest BCUT2D eigenvalue weighted by atomic mass is 35.5. The van der Waals surface area contributed by atoms with Crippen molar-refractivity contribution < 1.29 is 9.13 Å². The third-order valence-electron chi connectivity index (χ3n) is 1.22. The summed E-state index contributed by atoms with van der Waals surface area (Å²) in [5.74, 6) is 0.0452. The molecule has 0 spiro atoms. The van der Waals surface area contributed by atoms with Gasteiger partial charge in [-0.25, -0.2) is 4.39 Å². The smallest absolute Gasteiger partial charge is 0.135 e. The molecule has 0 aromatic heterocycles. The SMILES string of the molecule is CC[CH]Oc1cc(F)cc(Cl)c1. The third kappa shape index (κ3) is 2.70. The largest absolute Gasteiger partial charge is 0.486 e. The maximum absolute atomic E-state index is 12.7. The van der Waals surface area contributed by atoms with Crippen LogP contribution in [0.5, 0.6) is 5.75 Å². The average molecular weight is 188 g/mol. The maximum atomic E-state index is 12.7. The first-order valence-corrected chi connectivity index (χ1v) is 4.04. The van der Waals surface area contributed by atoms with Crippen molar-refractivity contribution in [2.24, 2.45) is 0 Å². The van der Waals surface area contributed by atoms with Gasteiger partial charge in [0, 0.05) is 11.1 Å². The highest BCUT2D eigenvalue weighted by Gasteiger charge is 1.99. The van der Waals surface area contributed by atoms with Crippen LogP contribution in [-0.4, -0.2) is 0 Å². The Morgan fingerprint density at radius 1 is 1.50 bits per heavy atom. The van der Waals surface area contributed by atoms with Gasteiger partial charge in [-0.05, 0) is 18.6 Å². The molecule has 0 unspecified atom stereocenters. The van der Waals surface area contributed by atoms with E-state index in [4.69, 9.17) is 16.3 Å². The summed E-state index contributed by atoms with van der Waals surface area (Å²) < 4.78 is 17.7. The Kier molecular flexibility index (Phi) is 3.35. The van der Waals surface area contributed by atoms with Gasteiger partial charge in [-0.3, -0.25) is 0 Å². The molecule has 0 aliphatic carbocycles. The van der Waals surface area contributed by atoms with Gasteiger partial charge in [-0.15, -0.1) is 0 Å². The fourth-order valence-corrected chi connectivity index (χ4v) is 0.988. The molecule has 12 heavy (non-hydrogen) atoms. The van der Waals surface area contributed by atoms with Crippen LogP contribution in [0.15, 0.2) is 18.2 Å². The van der Waals surface area contributed by atoms with E-state index in [0.717, 1.165) is 6.42 Å². The fraction of sp³-hybridized carbons (Fsp3) is 0.222. The topological polar surface area (TPSA) is 9.23 Å². The lowest BCUT2D eigenvalue weighted by atomic mass is 10.3. The molecule has 0 aliphatic heterocycles. The summed E-state index contributed by atoms with van der Waals surface area (Å²) >= 11 is 5.60. The summed E-state index contributed by atoms with van der Waals surface area (Å²) in [6, 6.07) is 4.09. The molecular formula is C9H9ClFO. The van der Waals surface area contributed by atoms with E-state index < -0.39 is 0 Å². The summed E-state index contributed by atoms with van der Waals surface area (Å²) in [6.45, 7) is 3.52. The van der Waals surface area contributed by atoms with Crippen molar-refractivity contribution >= 4 is 11.6 Å². The van der Waals surface area contributed by atoms with Crippen molar-refractivity contribution in [3.05, 3.63) is 35.6 Å². The molecule has 0 aliphatic rings. The number of hydrogen-bond acceptors (Lipinski definition) is 1. The first kappa shape index (κ1) is 9.33. The van der Waals surface area contributed by atoms with E-state index in [1.165, 1.54) is 12.1 Å². The minimum Gasteiger partial charge on any atom is -0.486 e. The van der Waals surface area contributed by atoms with Crippen LogP contribution >= 0.6 is 11.6 Å². The van der Waals surface area contributed by atoms with E-state index >= 15 is 0 Å². The Morgan fingerprint density at radius 3 is 2.83 bits per heavy atom. The van der Waals surface area contributed by atoms with Crippen molar-refractivity contribution in [3.63, 3.8) is 0 Å². The first-order chi connectivity index (χ1) is 5.72. The van der Waals surface area contributed by atoms with E-state index in [2.05, 4.69) is 0 Å². The zero-order valence-electron chi connectivity index (χ0n) is 6.68. The number of hydrogen-bond donors (Lipinski definition) is 0. The van der Waals surface area contributed by atoms with Crippen LogP contribution in [0.3, 0.4) is 0 Å². The van der Waals surface area contributed by atoms with Gasteiger partial charge in [-0.1, -0.05) is 18.5 Å². The van der Waals surface area contributed by atoms with Crippen LogP contribution in [-0.2, 0) is 0 Å². The molecule has 0 atom stereocenters. The van der Waals surface area contributed by atoms with Crippen molar-refractivity contribution in [1.82, 2.24) is 0 Å². The monoisotopic (exact) mass is 187 g/mol. The second-order valence-electron chi connectivity index (χ2n) is 2.30. The van der Waals surface area contributed by atoms with Gasteiger partial charge >= 0.3 is 0 Å². The third-order valence-corrected chi connectivity index (χ3v) is 1.44. The molecule has 1 aromatic rings. The lowest BCUT2D eigenvalue weighted by Gasteiger charge is -2.03. The Hall–Kier alpha value is -0.760. The van der Waals surface area contributed by atoms with E-state index in [0.29, 0.717) is 10.8 Å². The van der Waals surface area contributed by atoms with Crippen LogP contribution in [0, 0.1) is 12.4 Å². The molecule has 0 amide bonds. The van der Waals surface area contributed by atoms with E-state index in [1.807, 2.05) is 6.92 Å². The number of halogens is 2. The summed E-state index contributed by atoms with van der Waals surface area (Å²) in [7, 11) is 0. The molecule has 0 bridgehead atoms. The molecule has 0 fully saturated rings. The zero-order valence-corrected chi connectivity index (χ0v) is 7.44. The minimum atomic E-state index is -0.387. The second kappa shape index (κ2) is 4.31. The molecule has 0 saturated heterocycles. The lowest BCUT2D eigenvalue weighted by molar-refractivity contribution is 0.394. The van der Waals surface area contributed by atoms with Gasteiger partial charge in [0.25, 0.3) is 0 Å². The zero-order chi connectivity index (χ0) is 8.97. The Bertz CT molecular complexity index is 242. The predicted octanol–water partition coefficient (Wildman–Crippen LogP) is 3.43. The summed E-state index contributed by atoms with van der Waals surface area (Å²) in [5, 5.41) is 0.342. The number of rotatable bonds is 3. The number of benzene rings is 1. The predicted molar refractivity (Wildman–Crippen MR) is 46.6 cm³/mol. The molecule has 0 saturated carbocycles. The first-order valence-electron chi connectivity index (χ1n) is 3.67. The highest BCUT2D eigenvalue weighted by molar-refractivity contribution is 6.30. The summed E-state index contributed by atoms with van der Waals surface area (Å²) in [5.41, 5.74) is 0. The van der Waals surface area contributed by atoms with Crippen molar-refractivity contribution in [2.75, 3.05) is 0 Å². The van der Waals surface area contributed by atoms with Crippen molar-refractivity contribution in [1.29, 1.82) is 0 Å². The van der Waals surface area contributed by atoms with E-state index in [-0.39, 0.29) is 5.82 Å². The minimum absolute atomic E-state index is 0.342. The Morgan fingerprint density at radius 2 is 2.25 bits per heavy atom. The molecule has 65 valence electrons. The van der Waals surface area contributed by atoms with Gasteiger partial charge in [0.15, 0.2) is 0 Å². The van der Waals surface area contributed by atoms with Crippen LogP contribution in [0.25, 0.3) is 0 Å². The van der Waals surface area contributed by atoms with E-state index in [1.54, 1.807) is 12.7 Å². The van der Waals surface area contributed by atoms with Gasteiger partial charge < -0.3 is 4.74 Å². The van der Waals surface area contributed by atoms with Crippen molar-refractivity contribution in [2.45, 2.75) is 13.3 Å². The molecule has 1 rings (SSSR count). The molecule has 0 heterocycles. The van der Waals surface area contributed by atoms with Gasteiger partial charge in [0.2, 0.25) is 0 Å². The average Bonchev–Trinajstić information content (AvgIpc) is 1.99. The lowest BCUT2D eigenvalue weighted by Crippen LogP contribution is -1.88. The highest BCUT2D eigenvalue weighted by Crippen LogP contribution is 2.20. The van der Waals surface area contributed by atoms with Gasteiger partial charge in [0.05, 0.1) is 0 Å². The molecule has 3 heteroatoms. The summed E-state index contributed by atoms with van der Waals surface area (Å²) in [6.07, 6.45) is 0.772. The van der Waals surface area contributed by atoms with Crippen LogP contribution in [0.2, 0.25) is 5.02 Å². The Labute approximate surface area is 76.1 Å². The number of ether oxygens (including phenoxy) is 1. The summed E-state index contributed by atoms with van der Waals surface area (Å²) in [4.78, 5) is 0. The quantitative estimate of drug-likeness (QED) is 0.705. The molecule has 1 aromatic carbocycles. The van der Waals surface area contributed by atoms with E-state index in [9.17, 15) is 4.39 Å². The van der Waals surface area contributed by atoms with Crippen LogP contribution < -0.4 is 4.74 Å². The van der Waals surface area contributed by atoms with Gasteiger partial charge in [-0.2, -0.15) is 0 Å². The van der Waals surface area contributed by atoms with Crippen LogP contribution in [0.1, 0.15) is 13.3 Å². The molecule has 1 radical (unpaired) electrons. The standard InChI is InChI=1S/C9H9ClFO/c1-2-3-12-9-5-7(10)4-8(11)6-9/h3-6H,2H2,1H3. The molecular weight excluding hydrogens is 179 g/mol. The Balaban J connectivity index is 2.72. The normalized spacial score (nSPS) is 9.92. The molecule has 0 N–H and O–H groups in total. The second-order valence-corrected chi connectivity index (χ2v) is 2.73. The van der Waals surface area contributed by atoms with Gasteiger partial charge in [0.1, 0.15) is 18.2 Å². The fourth-order valence-electron chi connectivity index (χ4n) is 0.776. The van der Waals surface area contributed by atoms with Crippen molar-refractivity contribution in [3.8, 4) is 5.75 Å². The molecule has 1 nitrogen and oxygen atoms in total.